The van der Waals surface area contributed by atoms with Crippen LogP contribution in [0, 0.1) is 0 Å². The quantitative estimate of drug-likeness (QED) is 0.747. The van der Waals surface area contributed by atoms with Crippen molar-refractivity contribution in [2.45, 2.75) is 25.0 Å². The van der Waals surface area contributed by atoms with Crippen LogP contribution in [-0.4, -0.2) is 24.5 Å². The van der Waals surface area contributed by atoms with Crippen LogP contribution in [-0.2, 0) is 6.42 Å². The predicted octanol–water partition coefficient (Wildman–Crippen LogP) is 2.50. The Balaban J connectivity index is 1.98. The van der Waals surface area contributed by atoms with Gasteiger partial charge in [0.05, 0.1) is 12.6 Å². The van der Waals surface area contributed by atoms with E-state index in [4.69, 9.17) is 21.9 Å². The zero-order chi connectivity index (χ0) is 18.0. The molecule has 2 atom stereocenters. The molecule has 2 unspecified atom stereocenters. The topological polar surface area (TPSA) is 99.6 Å². The monoisotopic (exact) mass is 336 g/mol. The van der Waals surface area contributed by atoms with Crippen LogP contribution in [0.3, 0.4) is 0 Å². The third-order valence-electron chi connectivity index (χ3n) is 4.53. The number of methoxy groups -OCH3 is 1. The number of benzene rings is 2. The van der Waals surface area contributed by atoms with E-state index in [1.54, 1.807) is 7.11 Å². The molecule has 0 aromatic heterocycles. The molecule has 6 N–H and O–H groups in total. The van der Waals surface area contributed by atoms with E-state index in [2.05, 4.69) is 11.1 Å². The van der Waals surface area contributed by atoms with Gasteiger partial charge < -0.3 is 21.9 Å². The van der Waals surface area contributed by atoms with Gasteiger partial charge in [-0.15, -0.1) is 0 Å². The number of aliphatic imine (C=N–C) groups is 1. The molecular weight excluding hydrogens is 312 g/mol. The first-order chi connectivity index (χ1) is 11.9. The summed E-state index contributed by atoms with van der Waals surface area (Å²) in [5.74, 6) is 0.782. The lowest BCUT2D eigenvalue weighted by Gasteiger charge is -2.33. The molecule has 0 spiro atoms. The van der Waals surface area contributed by atoms with Crippen molar-refractivity contribution in [3.05, 3.63) is 60.2 Å². The van der Waals surface area contributed by atoms with Crippen molar-refractivity contribution in [1.82, 2.24) is 0 Å². The van der Waals surface area contributed by atoms with Gasteiger partial charge in [-0.25, -0.2) is 0 Å². The van der Waals surface area contributed by atoms with Gasteiger partial charge in [-0.2, -0.15) is 0 Å². The lowest BCUT2D eigenvalue weighted by Crippen LogP contribution is -2.56. The number of dihydropyridines is 1. The highest BCUT2D eigenvalue weighted by Gasteiger charge is 2.33. The van der Waals surface area contributed by atoms with Crippen molar-refractivity contribution in [3.8, 4) is 16.9 Å². The summed E-state index contributed by atoms with van der Waals surface area (Å²) in [6.45, 7) is 1.91. The maximum atomic E-state index is 6.54. The number of ether oxygens (including phenoxy) is 1. The predicted molar refractivity (Wildman–Crippen MR) is 104 cm³/mol. The zero-order valence-corrected chi connectivity index (χ0v) is 14.6. The summed E-state index contributed by atoms with van der Waals surface area (Å²) in [5.41, 5.74) is 22.6. The Bertz CT molecular complexity index is 843. The average Bonchev–Trinajstić information content (AvgIpc) is 2.59. The number of nitrogen functional groups attached to an aromatic ring is 1. The number of nitrogens with zero attached hydrogens (tertiary/aromatic N) is 1. The van der Waals surface area contributed by atoms with Gasteiger partial charge in [0, 0.05) is 17.8 Å². The van der Waals surface area contributed by atoms with Crippen LogP contribution in [0.1, 0.15) is 12.5 Å². The van der Waals surface area contributed by atoms with E-state index in [9.17, 15) is 0 Å². The van der Waals surface area contributed by atoms with Crippen LogP contribution in [0.25, 0.3) is 11.1 Å². The summed E-state index contributed by atoms with van der Waals surface area (Å²) in [5, 5.41) is 0. The van der Waals surface area contributed by atoms with Gasteiger partial charge in [0.2, 0.25) is 0 Å². The van der Waals surface area contributed by atoms with Crippen molar-refractivity contribution in [1.29, 1.82) is 0 Å². The Morgan fingerprint density at radius 1 is 1.16 bits per heavy atom. The van der Waals surface area contributed by atoms with E-state index in [-0.39, 0.29) is 0 Å². The Morgan fingerprint density at radius 2 is 1.92 bits per heavy atom. The lowest BCUT2D eigenvalue weighted by molar-refractivity contribution is 0.389. The van der Waals surface area contributed by atoms with Gasteiger partial charge in [0.1, 0.15) is 11.9 Å². The smallest absolute Gasteiger partial charge is 0.122 e. The second-order valence-corrected chi connectivity index (χ2v) is 6.49. The molecule has 130 valence electrons. The van der Waals surface area contributed by atoms with Crippen LogP contribution in [0.2, 0.25) is 0 Å². The van der Waals surface area contributed by atoms with E-state index < -0.39 is 11.7 Å². The number of nitrogens with two attached hydrogens (primary N) is 3. The first-order valence-electron chi connectivity index (χ1n) is 8.22. The first kappa shape index (κ1) is 17.2. The minimum atomic E-state index is -0.749. The van der Waals surface area contributed by atoms with E-state index in [1.807, 2.05) is 55.5 Å². The average molecular weight is 336 g/mol. The number of anilines is 1. The van der Waals surface area contributed by atoms with Crippen LogP contribution >= 0.6 is 0 Å². The molecule has 0 saturated carbocycles. The van der Waals surface area contributed by atoms with E-state index >= 15 is 0 Å². The summed E-state index contributed by atoms with van der Waals surface area (Å²) < 4.78 is 5.52. The van der Waals surface area contributed by atoms with E-state index in [0.717, 1.165) is 33.8 Å². The molecule has 25 heavy (non-hydrogen) atoms. The Kier molecular flexibility index (Phi) is 4.61. The highest BCUT2D eigenvalue weighted by Crippen LogP contribution is 2.31. The lowest BCUT2D eigenvalue weighted by atomic mass is 9.85. The molecule has 2 aromatic carbocycles. The molecule has 0 radical (unpaired) electrons. The van der Waals surface area contributed by atoms with Gasteiger partial charge in [-0.3, -0.25) is 4.99 Å². The molecule has 0 saturated heterocycles. The summed E-state index contributed by atoms with van der Waals surface area (Å²) in [4.78, 5) is 4.40. The van der Waals surface area contributed by atoms with Gasteiger partial charge in [-0.1, -0.05) is 24.3 Å². The number of rotatable bonds is 4. The fourth-order valence-electron chi connectivity index (χ4n) is 3.06. The molecular formula is C20H24N4O. The van der Waals surface area contributed by atoms with Crippen LogP contribution < -0.4 is 21.9 Å². The molecule has 0 aliphatic carbocycles. The molecule has 0 amide bonds. The Hall–Kier alpha value is -2.63. The van der Waals surface area contributed by atoms with Crippen molar-refractivity contribution in [2.24, 2.45) is 16.5 Å². The van der Waals surface area contributed by atoms with E-state index in [0.29, 0.717) is 6.42 Å². The largest absolute Gasteiger partial charge is 0.496 e. The van der Waals surface area contributed by atoms with Crippen LogP contribution in [0.5, 0.6) is 5.75 Å². The highest BCUT2D eigenvalue weighted by molar-refractivity contribution is 5.94. The zero-order valence-electron chi connectivity index (χ0n) is 14.6. The number of allylic oxidation sites excluding steroid dienone is 1. The molecule has 0 fully saturated rings. The van der Waals surface area contributed by atoms with Gasteiger partial charge >= 0.3 is 0 Å². The normalized spacial score (nSPS) is 22.6. The molecule has 1 aliphatic rings. The molecule has 2 aromatic rings. The number of hydrogen-bond acceptors (Lipinski definition) is 5. The standard InChI is InChI=1S/C20H24N4O/c1-13-8-9-20(23,19(22)24-13)12-16-10-15(6-7-18(16)25-2)14-4-3-5-17(21)11-14/h3-11,19H,12,21-23H2,1-2H3. The minimum Gasteiger partial charge on any atom is -0.496 e. The Morgan fingerprint density at radius 3 is 2.60 bits per heavy atom. The highest BCUT2D eigenvalue weighted by atomic mass is 16.5. The van der Waals surface area contributed by atoms with Crippen LogP contribution in [0.4, 0.5) is 5.69 Å². The molecule has 5 heteroatoms. The Labute approximate surface area is 148 Å². The van der Waals surface area contributed by atoms with Crippen molar-refractivity contribution >= 4 is 11.4 Å². The van der Waals surface area contributed by atoms with E-state index in [1.165, 1.54) is 0 Å². The molecule has 3 rings (SSSR count). The molecule has 0 bridgehead atoms. The fourth-order valence-corrected chi connectivity index (χ4v) is 3.06. The summed E-state index contributed by atoms with van der Waals surface area (Å²) in [7, 11) is 1.65. The minimum absolute atomic E-state index is 0.488. The second kappa shape index (κ2) is 6.70. The SMILES string of the molecule is COc1ccc(-c2cccc(N)c2)cc1CC1(N)C=CC(C)=NC1N. The second-order valence-electron chi connectivity index (χ2n) is 6.49. The third-order valence-corrected chi connectivity index (χ3v) is 4.53. The fraction of sp³-hybridized carbons (Fsp3) is 0.250. The third kappa shape index (κ3) is 3.57. The van der Waals surface area contributed by atoms with Gasteiger partial charge in [0.15, 0.2) is 0 Å². The van der Waals surface area contributed by atoms with Crippen LogP contribution in [0.15, 0.2) is 59.6 Å². The van der Waals surface area contributed by atoms with Gasteiger partial charge in [0.25, 0.3) is 0 Å². The molecule has 5 nitrogen and oxygen atoms in total. The van der Waals surface area contributed by atoms with Crippen molar-refractivity contribution < 1.29 is 4.74 Å². The van der Waals surface area contributed by atoms with Crippen molar-refractivity contribution in [3.63, 3.8) is 0 Å². The summed E-state index contributed by atoms with van der Waals surface area (Å²) in [6.07, 6.45) is 3.89. The first-order valence-corrected chi connectivity index (χ1v) is 8.22. The molecule has 1 aliphatic heterocycles. The van der Waals surface area contributed by atoms with Crippen molar-refractivity contribution in [2.75, 3.05) is 12.8 Å². The maximum Gasteiger partial charge on any atom is 0.122 e. The van der Waals surface area contributed by atoms with Gasteiger partial charge in [-0.05, 0) is 54.0 Å². The number of hydrogen-bond donors (Lipinski definition) is 3. The molecule has 1 heterocycles. The summed E-state index contributed by atoms with van der Waals surface area (Å²) >= 11 is 0. The maximum absolute atomic E-state index is 6.54. The summed E-state index contributed by atoms with van der Waals surface area (Å²) in [6, 6.07) is 13.8.